The van der Waals surface area contributed by atoms with Gasteiger partial charge < -0.3 is 26.8 Å². The highest BCUT2D eigenvalue weighted by atomic mass is 19.4. The zero-order valence-corrected chi connectivity index (χ0v) is 26.4. The molecule has 11 nitrogen and oxygen atoms in total. The number of aliphatic hydroxyl groups excluding tert-OH is 1. The highest BCUT2D eigenvalue weighted by molar-refractivity contribution is 5.92. The van der Waals surface area contributed by atoms with Crippen LogP contribution in [0.2, 0.25) is 0 Å². The molecule has 14 heteroatoms. The van der Waals surface area contributed by atoms with Gasteiger partial charge in [0.1, 0.15) is 12.1 Å². The lowest BCUT2D eigenvalue weighted by Gasteiger charge is -2.28. The predicted molar refractivity (Wildman–Crippen MR) is 168 cm³/mol. The van der Waals surface area contributed by atoms with E-state index in [0.29, 0.717) is 12.0 Å². The molecule has 0 fully saturated rings. The average Bonchev–Trinajstić information content (AvgIpc) is 3.49. The molecule has 0 saturated heterocycles. The average molecular weight is 659 g/mol. The van der Waals surface area contributed by atoms with Gasteiger partial charge in [-0.05, 0) is 43.0 Å². The van der Waals surface area contributed by atoms with Gasteiger partial charge in [-0.15, -0.1) is 0 Å². The summed E-state index contributed by atoms with van der Waals surface area (Å²) >= 11 is 0. The molecule has 0 aliphatic heterocycles. The van der Waals surface area contributed by atoms with Crippen molar-refractivity contribution in [3.63, 3.8) is 0 Å². The van der Waals surface area contributed by atoms with E-state index >= 15 is 0 Å². The zero-order chi connectivity index (χ0) is 34.7. The lowest BCUT2D eigenvalue weighted by atomic mass is 9.89. The van der Waals surface area contributed by atoms with Crippen molar-refractivity contribution in [3.8, 4) is 5.69 Å². The van der Waals surface area contributed by atoms with Crippen LogP contribution in [0, 0.1) is 11.8 Å². The van der Waals surface area contributed by atoms with Crippen molar-refractivity contribution in [1.82, 2.24) is 25.7 Å². The standard InChI is InChI=1S/C33H41F3N6O5/c1-20(2)25(19-24-16-17-38-42(24)23-12-8-5-9-13-23)31(46)41-27(18-22-10-6-4-7-11-22)32(47)39-21(3)30(45)40-26(14-15-28(37)43)29(44)33(34,35)36/h4-13,16-17,20-21,25-27,29,44H,14-15,18-19H2,1-3H3,(H2,37,43)(H,39,47)(H,40,45)(H,41,46)/t21-,25-,26?,27-,29?/m0/s1. The second-order valence-corrected chi connectivity index (χ2v) is 11.7. The van der Waals surface area contributed by atoms with Crippen molar-refractivity contribution in [2.24, 2.45) is 17.6 Å². The number of aliphatic hydroxyl groups is 1. The molecule has 2 unspecified atom stereocenters. The molecular weight excluding hydrogens is 617 g/mol. The molecule has 0 aliphatic carbocycles. The third-order valence-corrected chi connectivity index (χ3v) is 7.71. The molecular formula is C33H41F3N6O5. The predicted octanol–water partition coefficient (Wildman–Crippen LogP) is 2.59. The number of aromatic nitrogens is 2. The quantitative estimate of drug-likeness (QED) is 0.159. The summed E-state index contributed by atoms with van der Waals surface area (Å²) < 4.78 is 41.5. The minimum atomic E-state index is -5.08. The summed E-state index contributed by atoms with van der Waals surface area (Å²) in [7, 11) is 0. The van der Waals surface area contributed by atoms with Crippen molar-refractivity contribution >= 4 is 23.6 Å². The molecule has 1 aromatic heterocycles. The normalized spacial score (nSPS) is 14.8. The first-order valence-corrected chi connectivity index (χ1v) is 15.2. The first-order valence-electron chi connectivity index (χ1n) is 15.2. The molecule has 254 valence electrons. The number of halogens is 3. The Kier molecular flexibility index (Phi) is 13.1. The molecule has 0 bridgehead atoms. The molecule has 0 spiro atoms. The van der Waals surface area contributed by atoms with Gasteiger partial charge in [0.25, 0.3) is 0 Å². The third kappa shape index (κ3) is 10.9. The molecule has 0 radical (unpaired) electrons. The van der Waals surface area contributed by atoms with Gasteiger partial charge in [-0.2, -0.15) is 18.3 Å². The number of hydrogen-bond donors (Lipinski definition) is 5. The number of alkyl halides is 3. The van der Waals surface area contributed by atoms with Gasteiger partial charge in [0.05, 0.1) is 11.7 Å². The number of primary amides is 1. The van der Waals surface area contributed by atoms with E-state index in [1.165, 1.54) is 6.92 Å². The van der Waals surface area contributed by atoms with E-state index in [2.05, 4.69) is 21.0 Å². The number of carbonyl (C=O) groups excluding carboxylic acids is 4. The SMILES string of the molecule is CC(C)[C@H](Cc1ccnn1-c1ccccc1)C(=O)N[C@@H](Cc1ccccc1)C(=O)N[C@@H](C)C(=O)NC(CCC(N)=O)C(O)C(F)(F)F. The van der Waals surface area contributed by atoms with Gasteiger partial charge >= 0.3 is 6.18 Å². The Labute approximate surface area is 271 Å². The van der Waals surface area contributed by atoms with Crippen LogP contribution in [-0.4, -0.2) is 68.9 Å². The first kappa shape index (κ1) is 36.7. The maximum atomic E-state index is 13.8. The highest BCUT2D eigenvalue weighted by Gasteiger charge is 2.44. The molecule has 0 aliphatic rings. The van der Waals surface area contributed by atoms with Crippen LogP contribution in [0.1, 0.15) is 44.9 Å². The molecule has 47 heavy (non-hydrogen) atoms. The van der Waals surface area contributed by atoms with Crippen molar-refractivity contribution in [1.29, 1.82) is 0 Å². The summed E-state index contributed by atoms with van der Waals surface area (Å²) in [6, 6.07) is 15.7. The van der Waals surface area contributed by atoms with Gasteiger partial charge in [-0.25, -0.2) is 4.68 Å². The molecule has 5 atom stereocenters. The Balaban J connectivity index is 1.77. The van der Waals surface area contributed by atoms with E-state index in [0.717, 1.165) is 11.4 Å². The lowest BCUT2D eigenvalue weighted by Crippen LogP contribution is -2.57. The molecule has 4 amide bonds. The zero-order valence-electron chi connectivity index (χ0n) is 26.4. The van der Waals surface area contributed by atoms with Crippen molar-refractivity contribution < 1.29 is 37.5 Å². The number of amides is 4. The van der Waals surface area contributed by atoms with E-state index in [9.17, 15) is 37.5 Å². The molecule has 3 aromatic rings. The summed E-state index contributed by atoms with van der Waals surface area (Å²) in [5.41, 5.74) is 7.37. The van der Waals surface area contributed by atoms with E-state index in [4.69, 9.17) is 5.73 Å². The molecule has 3 rings (SSSR count). The summed E-state index contributed by atoms with van der Waals surface area (Å²) in [4.78, 5) is 51.3. The summed E-state index contributed by atoms with van der Waals surface area (Å²) in [6.45, 7) is 5.02. The van der Waals surface area contributed by atoms with Gasteiger partial charge in [0, 0.05) is 37.1 Å². The monoisotopic (exact) mass is 658 g/mol. The number of nitrogens with one attached hydrogen (secondary N) is 3. The molecule has 1 heterocycles. The van der Waals surface area contributed by atoms with E-state index in [-0.39, 0.29) is 12.3 Å². The third-order valence-electron chi connectivity index (χ3n) is 7.71. The van der Waals surface area contributed by atoms with Crippen LogP contribution < -0.4 is 21.7 Å². The van der Waals surface area contributed by atoms with Crippen LogP contribution in [0.4, 0.5) is 13.2 Å². The second kappa shape index (κ2) is 16.7. The van der Waals surface area contributed by atoms with Crippen LogP contribution in [0.3, 0.4) is 0 Å². The Bertz CT molecular complexity index is 1480. The van der Waals surface area contributed by atoms with Crippen LogP contribution in [0.15, 0.2) is 72.9 Å². The van der Waals surface area contributed by atoms with E-state index < -0.39 is 72.8 Å². The number of rotatable bonds is 16. The highest BCUT2D eigenvalue weighted by Crippen LogP contribution is 2.24. The largest absolute Gasteiger partial charge is 0.416 e. The Hall–Kier alpha value is -4.72. The van der Waals surface area contributed by atoms with Crippen molar-refractivity contribution in [2.75, 3.05) is 0 Å². The van der Waals surface area contributed by atoms with Crippen LogP contribution in [0.5, 0.6) is 0 Å². The number of carbonyl (C=O) groups is 4. The summed E-state index contributed by atoms with van der Waals surface area (Å²) in [6.07, 6.45) is -7.13. The van der Waals surface area contributed by atoms with Gasteiger partial charge in [-0.1, -0.05) is 62.4 Å². The second-order valence-electron chi connectivity index (χ2n) is 11.7. The molecule has 6 N–H and O–H groups in total. The number of nitrogens with zero attached hydrogens (tertiary/aromatic N) is 2. The fourth-order valence-corrected chi connectivity index (χ4v) is 5.00. The minimum absolute atomic E-state index is 0.0630. The van der Waals surface area contributed by atoms with Crippen molar-refractivity contribution in [2.45, 2.75) is 76.9 Å². The maximum absolute atomic E-state index is 13.8. The van der Waals surface area contributed by atoms with E-state index in [1.807, 2.05) is 50.2 Å². The maximum Gasteiger partial charge on any atom is 0.416 e. The smallest absolute Gasteiger partial charge is 0.382 e. The lowest BCUT2D eigenvalue weighted by molar-refractivity contribution is -0.212. The van der Waals surface area contributed by atoms with E-state index in [1.54, 1.807) is 41.2 Å². The Morgan fingerprint density at radius 2 is 1.47 bits per heavy atom. The van der Waals surface area contributed by atoms with Crippen LogP contribution >= 0.6 is 0 Å². The minimum Gasteiger partial charge on any atom is -0.382 e. The fraction of sp³-hybridized carbons (Fsp3) is 0.424. The summed E-state index contributed by atoms with van der Waals surface area (Å²) in [5.74, 6) is -3.81. The van der Waals surface area contributed by atoms with Crippen LogP contribution in [0.25, 0.3) is 5.69 Å². The number of benzene rings is 2. The first-order chi connectivity index (χ1) is 22.2. The molecule has 0 saturated carbocycles. The van der Waals surface area contributed by atoms with Gasteiger partial charge in [0.15, 0.2) is 6.10 Å². The van der Waals surface area contributed by atoms with Gasteiger partial charge in [-0.3, -0.25) is 19.2 Å². The Morgan fingerprint density at radius 3 is 2.04 bits per heavy atom. The number of hydrogen-bond acceptors (Lipinski definition) is 6. The summed E-state index contributed by atoms with van der Waals surface area (Å²) in [5, 5.41) is 21.5. The van der Waals surface area contributed by atoms with Crippen LogP contribution in [-0.2, 0) is 32.0 Å². The van der Waals surface area contributed by atoms with Crippen molar-refractivity contribution in [3.05, 3.63) is 84.2 Å². The number of nitrogens with two attached hydrogens (primary N) is 1. The Morgan fingerprint density at radius 1 is 0.851 bits per heavy atom. The number of para-hydroxylation sites is 1. The topological polar surface area (TPSA) is 168 Å². The fourth-order valence-electron chi connectivity index (χ4n) is 5.00. The molecule has 2 aromatic carbocycles. The van der Waals surface area contributed by atoms with Gasteiger partial charge in [0.2, 0.25) is 23.6 Å².